The molecule has 0 radical (unpaired) electrons. The van der Waals surface area contributed by atoms with Gasteiger partial charge in [-0.15, -0.1) is 0 Å². The fourth-order valence-electron chi connectivity index (χ4n) is 1.65. The van der Waals surface area contributed by atoms with Crippen LogP contribution in [0.3, 0.4) is 0 Å². The number of esters is 1. The standard InChI is InChI=1S/C14H9Cl3O2/c1-8(18)19-14-10(9-5-3-2-4-6-9)7-11(15)12(16)13(14)17/h2-7H,1H3. The SMILES string of the molecule is CC(=O)Oc1c(-c2ccccc2)cc(Cl)c(Cl)c1Cl. The number of hydrogen-bond acceptors (Lipinski definition) is 2. The van der Waals surface area contributed by atoms with Crippen LogP contribution in [0.15, 0.2) is 36.4 Å². The Hall–Kier alpha value is -1.22. The van der Waals surface area contributed by atoms with E-state index >= 15 is 0 Å². The van der Waals surface area contributed by atoms with Gasteiger partial charge in [-0.1, -0.05) is 65.1 Å². The Bertz CT molecular complexity index is 624. The molecular formula is C14H9Cl3O2. The molecule has 2 aromatic rings. The van der Waals surface area contributed by atoms with E-state index in [0.29, 0.717) is 10.6 Å². The maximum absolute atomic E-state index is 11.2. The molecule has 0 heterocycles. The van der Waals surface area contributed by atoms with Gasteiger partial charge in [0.2, 0.25) is 0 Å². The van der Waals surface area contributed by atoms with Gasteiger partial charge in [-0.3, -0.25) is 4.79 Å². The van der Waals surface area contributed by atoms with Crippen molar-refractivity contribution in [2.45, 2.75) is 6.92 Å². The number of carbonyl (C=O) groups is 1. The number of benzene rings is 2. The number of rotatable bonds is 2. The molecule has 0 amide bonds. The molecule has 0 aliphatic rings. The second-order valence-electron chi connectivity index (χ2n) is 3.82. The van der Waals surface area contributed by atoms with E-state index in [1.807, 2.05) is 30.3 Å². The third-order valence-corrected chi connectivity index (χ3v) is 3.69. The van der Waals surface area contributed by atoms with Crippen LogP contribution in [-0.4, -0.2) is 5.97 Å². The monoisotopic (exact) mass is 314 g/mol. The van der Waals surface area contributed by atoms with Gasteiger partial charge < -0.3 is 4.74 Å². The Labute approximate surface area is 125 Å². The Morgan fingerprint density at radius 2 is 1.68 bits per heavy atom. The molecule has 0 bridgehead atoms. The second kappa shape index (κ2) is 5.83. The van der Waals surface area contributed by atoms with E-state index in [1.165, 1.54) is 6.92 Å². The smallest absolute Gasteiger partial charge is 0.308 e. The first kappa shape index (κ1) is 14.2. The molecular weight excluding hydrogens is 307 g/mol. The molecule has 0 atom stereocenters. The lowest BCUT2D eigenvalue weighted by Gasteiger charge is -2.13. The highest BCUT2D eigenvalue weighted by molar-refractivity contribution is 6.49. The van der Waals surface area contributed by atoms with Crippen molar-refractivity contribution in [2.24, 2.45) is 0 Å². The van der Waals surface area contributed by atoms with Crippen molar-refractivity contribution in [3.63, 3.8) is 0 Å². The van der Waals surface area contributed by atoms with Crippen LogP contribution in [-0.2, 0) is 4.79 Å². The minimum atomic E-state index is -0.475. The van der Waals surface area contributed by atoms with Crippen LogP contribution in [0, 0.1) is 0 Å². The first-order chi connectivity index (χ1) is 9.00. The van der Waals surface area contributed by atoms with Crippen molar-refractivity contribution in [3.8, 4) is 16.9 Å². The topological polar surface area (TPSA) is 26.3 Å². The Balaban J connectivity index is 2.68. The molecule has 5 heteroatoms. The summed E-state index contributed by atoms with van der Waals surface area (Å²) in [5, 5.41) is 0.601. The van der Waals surface area contributed by atoms with Crippen molar-refractivity contribution in [1.82, 2.24) is 0 Å². The van der Waals surface area contributed by atoms with E-state index in [2.05, 4.69) is 0 Å². The summed E-state index contributed by atoms with van der Waals surface area (Å²) in [6, 6.07) is 11.0. The molecule has 0 saturated carbocycles. The van der Waals surface area contributed by atoms with Gasteiger partial charge in [-0.05, 0) is 11.6 Å². The van der Waals surface area contributed by atoms with E-state index in [1.54, 1.807) is 6.07 Å². The maximum atomic E-state index is 11.2. The minimum Gasteiger partial charge on any atom is -0.424 e. The summed E-state index contributed by atoms with van der Waals surface area (Å²) in [5.74, 6) is -0.257. The van der Waals surface area contributed by atoms with Gasteiger partial charge in [0.25, 0.3) is 0 Å². The van der Waals surface area contributed by atoms with Crippen LogP contribution in [0.5, 0.6) is 5.75 Å². The number of halogens is 3. The molecule has 0 spiro atoms. The quantitative estimate of drug-likeness (QED) is 0.430. The summed E-state index contributed by atoms with van der Waals surface area (Å²) in [6.45, 7) is 1.30. The normalized spacial score (nSPS) is 10.3. The van der Waals surface area contributed by atoms with E-state index in [0.717, 1.165) is 5.56 Å². The number of carbonyl (C=O) groups excluding carboxylic acids is 1. The molecule has 0 aliphatic carbocycles. The summed E-state index contributed by atoms with van der Waals surface area (Å²) < 4.78 is 5.15. The molecule has 2 nitrogen and oxygen atoms in total. The van der Waals surface area contributed by atoms with Gasteiger partial charge in [0.05, 0.1) is 10.0 Å². The van der Waals surface area contributed by atoms with Gasteiger partial charge in [0.1, 0.15) is 5.02 Å². The highest BCUT2D eigenvalue weighted by Gasteiger charge is 2.18. The van der Waals surface area contributed by atoms with Gasteiger partial charge >= 0.3 is 5.97 Å². The van der Waals surface area contributed by atoms with Crippen LogP contribution >= 0.6 is 34.8 Å². The molecule has 0 saturated heterocycles. The summed E-state index contributed by atoms with van der Waals surface area (Å²) in [4.78, 5) is 11.2. The van der Waals surface area contributed by atoms with Crippen molar-refractivity contribution in [3.05, 3.63) is 51.5 Å². The third-order valence-electron chi connectivity index (χ3n) is 2.45. The average Bonchev–Trinajstić information content (AvgIpc) is 2.40. The lowest BCUT2D eigenvalue weighted by molar-refractivity contribution is -0.131. The number of ether oxygens (including phenoxy) is 1. The summed E-state index contributed by atoms with van der Waals surface area (Å²) in [7, 11) is 0. The van der Waals surface area contributed by atoms with E-state index < -0.39 is 5.97 Å². The minimum absolute atomic E-state index is 0.128. The molecule has 0 fully saturated rings. The van der Waals surface area contributed by atoms with Crippen molar-refractivity contribution < 1.29 is 9.53 Å². The van der Waals surface area contributed by atoms with Gasteiger partial charge in [0.15, 0.2) is 5.75 Å². The van der Waals surface area contributed by atoms with E-state index in [4.69, 9.17) is 39.5 Å². The molecule has 0 aromatic heterocycles. The maximum Gasteiger partial charge on any atom is 0.308 e. The zero-order chi connectivity index (χ0) is 14.0. The molecule has 0 unspecified atom stereocenters. The second-order valence-corrected chi connectivity index (χ2v) is 4.99. The lowest BCUT2D eigenvalue weighted by atomic mass is 10.0. The highest BCUT2D eigenvalue weighted by atomic mass is 35.5. The number of hydrogen-bond donors (Lipinski definition) is 0. The van der Waals surface area contributed by atoms with Crippen LogP contribution in [0.2, 0.25) is 15.1 Å². The van der Waals surface area contributed by atoms with Crippen molar-refractivity contribution >= 4 is 40.8 Å². The zero-order valence-electron chi connectivity index (χ0n) is 9.91. The molecule has 2 aromatic carbocycles. The van der Waals surface area contributed by atoms with Crippen LogP contribution < -0.4 is 4.74 Å². The van der Waals surface area contributed by atoms with Crippen molar-refractivity contribution in [1.29, 1.82) is 0 Å². The average molecular weight is 316 g/mol. The molecule has 2 rings (SSSR count). The van der Waals surface area contributed by atoms with Crippen LogP contribution in [0.25, 0.3) is 11.1 Å². The van der Waals surface area contributed by atoms with Crippen molar-refractivity contribution in [2.75, 3.05) is 0 Å². The van der Waals surface area contributed by atoms with E-state index in [9.17, 15) is 4.79 Å². The zero-order valence-corrected chi connectivity index (χ0v) is 12.2. The summed E-state index contributed by atoms with van der Waals surface area (Å²) >= 11 is 18.1. The predicted octanol–water partition coefficient (Wildman–Crippen LogP) is 5.24. The first-order valence-corrected chi connectivity index (χ1v) is 6.55. The van der Waals surface area contributed by atoms with Gasteiger partial charge in [-0.2, -0.15) is 0 Å². The van der Waals surface area contributed by atoms with Crippen LogP contribution in [0.1, 0.15) is 6.92 Å². The van der Waals surface area contributed by atoms with Crippen LogP contribution in [0.4, 0.5) is 0 Å². The largest absolute Gasteiger partial charge is 0.424 e. The Morgan fingerprint density at radius 3 is 2.26 bits per heavy atom. The molecule has 19 heavy (non-hydrogen) atoms. The lowest BCUT2D eigenvalue weighted by Crippen LogP contribution is -2.03. The molecule has 0 N–H and O–H groups in total. The Kier molecular flexibility index (Phi) is 4.35. The fourth-order valence-corrected chi connectivity index (χ4v) is 2.29. The highest BCUT2D eigenvalue weighted by Crippen LogP contribution is 2.44. The van der Waals surface area contributed by atoms with E-state index in [-0.39, 0.29) is 15.8 Å². The van der Waals surface area contributed by atoms with Gasteiger partial charge in [0, 0.05) is 12.5 Å². The predicted molar refractivity (Wildman–Crippen MR) is 78.2 cm³/mol. The third kappa shape index (κ3) is 3.03. The van der Waals surface area contributed by atoms with Gasteiger partial charge in [-0.25, -0.2) is 0 Å². The summed E-state index contributed by atoms with van der Waals surface area (Å²) in [6.07, 6.45) is 0. The molecule has 0 aliphatic heterocycles. The summed E-state index contributed by atoms with van der Waals surface area (Å²) in [5.41, 5.74) is 1.45. The molecule has 98 valence electrons. The Morgan fingerprint density at radius 1 is 1.05 bits per heavy atom. The first-order valence-electron chi connectivity index (χ1n) is 5.42. The fraction of sp³-hybridized carbons (Fsp3) is 0.0714.